The van der Waals surface area contributed by atoms with E-state index in [4.69, 9.17) is 16.6 Å². The molecule has 0 aliphatic heterocycles. The van der Waals surface area contributed by atoms with Crippen LogP contribution in [0.3, 0.4) is 0 Å². The number of carboxylic acid groups (broad SMARTS) is 1. The Morgan fingerprint density at radius 2 is 1.42 bits per heavy atom. The molecule has 0 aliphatic rings. The summed E-state index contributed by atoms with van der Waals surface area (Å²) in [6.45, 7) is 5.48. The number of nitrogens with two attached hydrogens (primary N) is 2. The van der Waals surface area contributed by atoms with Crippen molar-refractivity contribution in [2.24, 2.45) is 17.4 Å². The van der Waals surface area contributed by atoms with E-state index in [2.05, 4.69) is 28.6 Å². The highest BCUT2D eigenvalue weighted by Crippen LogP contribution is 2.08. The predicted molar refractivity (Wildman–Crippen MR) is 119 cm³/mol. The molecule has 0 aromatic carbocycles. The van der Waals surface area contributed by atoms with Crippen molar-refractivity contribution in [3.63, 3.8) is 0 Å². The van der Waals surface area contributed by atoms with Gasteiger partial charge in [-0.3, -0.25) is 14.4 Å². The number of aliphatic hydroxyl groups is 1. The lowest BCUT2D eigenvalue weighted by atomic mass is 10.0. The summed E-state index contributed by atoms with van der Waals surface area (Å²) in [4.78, 5) is 48.9. The summed E-state index contributed by atoms with van der Waals surface area (Å²) >= 11 is 3.92. The van der Waals surface area contributed by atoms with Crippen LogP contribution < -0.4 is 27.4 Å². The predicted octanol–water partition coefficient (Wildman–Crippen LogP) is -1.66. The van der Waals surface area contributed by atoms with Gasteiger partial charge in [0.15, 0.2) is 0 Å². The smallest absolute Gasteiger partial charge is 0.327 e. The number of hydrogen-bond acceptors (Lipinski definition) is 8. The van der Waals surface area contributed by atoms with Gasteiger partial charge < -0.3 is 37.6 Å². The molecular weight excluding hydrogens is 426 g/mol. The van der Waals surface area contributed by atoms with Crippen LogP contribution >= 0.6 is 12.6 Å². The minimum absolute atomic E-state index is 0.0314. The molecule has 0 saturated carbocycles. The maximum absolute atomic E-state index is 12.9. The van der Waals surface area contributed by atoms with Crippen LogP contribution in [0.4, 0.5) is 0 Å². The lowest BCUT2D eigenvalue weighted by Crippen LogP contribution is -2.58. The summed E-state index contributed by atoms with van der Waals surface area (Å²) in [7, 11) is 0. The first-order chi connectivity index (χ1) is 14.4. The second kappa shape index (κ2) is 15.0. The number of carboxylic acids is 1. The molecule has 0 fully saturated rings. The van der Waals surface area contributed by atoms with Crippen LogP contribution in [0.15, 0.2) is 0 Å². The second-order valence-corrected chi connectivity index (χ2v) is 8.25. The summed E-state index contributed by atoms with van der Waals surface area (Å²) in [6.07, 6.45) is 0.552. The van der Waals surface area contributed by atoms with Crippen LogP contribution in [0.1, 0.15) is 46.5 Å². The molecule has 0 aliphatic carbocycles. The first kappa shape index (κ1) is 29.1. The molecule has 0 aromatic rings. The average Bonchev–Trinajstić information content (AvgIpc) is 2.69. The first-order valence-corrected chi connectivity index (χ1v) is 11.0. The number of unbranched alkanes of at least 4 members (excludes halogenated alkanes) is 1. The van der Waals surface area contributed by atoms with Gasteiger partial charge in [-0.1, -0.05) is 13.8 Å². The Labute approximate surface area is 188 Å². The minimum atomic E-state index is -1.24. The maximum Gasteiger partial charge on any atom is 0.327 e. The quantitative estimate of drug-likeness (QED) is 0.104. The van der Waals surface area contributed by atoms with Crippen molar-refractivity contribution in [3.8, 4) is 0 Å². The molecular formula is C19H37N5O6S. The molecule has 5 unspecified atom stereocenters. The molecule has 12 heteroatoms. The molecule has 5 atom stereocenters. The summed E-state index contributed by atoms with van der Waals surface area (Å²) in [5, 5.41) is 26.1. The van der Waals surface area contributed by atoms with Gasteiger partial charge in [0.25, 0.3) is 0 Å². The summed E-state index contributed by atoms with van der Waals surface area (Å²) in [5.41, 5.74) is 11.1. The van der Waals surface area contributed by atoms with E-state index < -0.39 is 54.0 Å². The average molecular weight is 464 g/mol. The minimum Gasteiger partial charge on any atom is -0.480 e. The molecule has 0 spiro atoms. The van der Waals surface area contributed by atoms with Gasteiger partial charge in [0.1, 0.15) is 24.2 Å². The van der Waals surface area contributed by atoms with Crippen LogP contribution in [0.2, 0.25) is 0 Å². The van der Waals surface area contributed by atoms with Crippen molar-refractivity contribution in [1.82, 2.24) is 16.0 Å². The number of thiol groups is 1. The lowest BCUT2D eigenvalue weighted by molar-refractivity contribution is -0.141. The molecule has 3 amide bonds. The standard InChI is InChI=1S/C19H37N5O6S/c1-10(2)8-13(23-18(28)15(21)11(3)25)17(27)22-12(6-4-5-7-20)16(26)24-14(9-31)19(29)30/h10-15,25,31H,4-9,20-21H2,1-3H3,(H,22,27)(H,23,28)(H,24,26)(H,29,30). The van der Waals surface area contributed by atoms with E-state index >= 15 is 0 Å². The second-order valence-electron chi connectivity index (χ2n) is 7.88. The van der Waals surface area contributed by atoms with Gasteiger partial charge >= 0.3 is 5.97 Å². The van der Waals surface area contributed by atoms with E-state index in [1.165, 1.54) is 6.92 Å². The topological polar surface area (TPSA) is 197 Å². The number of hydrogen-bond donors (Lipinski definition) is 8. The highest BCUT2D eigenvalue weighted by Gasteiger charge is 2.30. The number of aliphatic hydroxyl groups excluding tert-OH is 1. The van der Waals surface area contributed by atoms with Gasteiger partial charge in [0.05, 0.1) is 6.10 Å². The molecule has 31 heavy (non-hydrogen) atoms. The molecule has 0 radical (unpaired) electrons. The number of aliphatic carboxylic acids is 1. The third-order valence-electron chi connectivity index (χ3n) is 4.54. The van der Waals surface area contributed by atoms with Crippen molar-refractivity contribution < 1.29 is 29.4 Å². The zero-order valence-corrected chi connectivity index (χ0v) is 19.2. The summed E-state index contributed by atoms with van der Waals surface area (Å²) in [6, 6.07) is -4.42. The van der Waals surface area contributed by atoms with Crippen LogP contribution in [0.5, 0.6) is 0 Å². The van der Waals surface area contributed by atoms with E-state index in [1.807, 2.05) is 13.8 Å². The van der Waals surface area contributed by atoms with Gasteiger partial charge in [-0.15, -0.1) is 0 Å². The molecule has 0 heterocycles. The first-order valence-electron chi connectivity index (χ1n) is 10.3. The Morgan fingerprint density at radius 3 is 1.87 bits per heavy atom. The third kappa shape index (κ3) is 11.3. The molecule has 180 valence electrons. The molecule has 0 rings (SSSR count). The van der Waals surface area contributed by atoms with Crippen molar-refractivity contribution >= 4 is 36.3 Å². The fourth-order valence-corrected chi connectivity index (χ4v) is 2.93. The Balaban J connectivity index is 5.42. The van der Waals surface area contributed by atoms with Crippen LogP contribution in [-0.2, 0) is 19.2 Å². The Bertz CT molecular complexity index is 604. The zero-order valence-electron chi connectivity index (χ0n) is 18.3. The molecule has 9 N–H and O–H groups in total. The van der Waals surface area contributed by atoms with Crippen molar-refractivity contribution in [1.29, 1.82) is 0 Å². The van der Waals surface area contributed by atoms with E-state index in [-0.39, 0.29) is 24.5 Å². The fraction of sp³-hybridized carbons (Fsp3) is 0.789. The Morgan fingerprint density at radius 1 is 0.903 bits per heavy atom. The van der Waals surface area contributed by atoms with E-state index in [0.717, 1.165) is 0 Å². The van der Waals surface area contributed by atoms with Gasteiger partial charge in [0, 0.05) is 5.75 Å². The van der Waals surface area contributed by atoms with Crippen LogP contribution in [0, 0.1) is 5.92 Å². The third-order valence-corrected chi connectivity index (χ3v) is 4.90. The summed E-state index contributed by atoms with van der Waals surface area (Å²) in [5.74, 6) is -3.29. The number of rotatable bonds is 15. The van der Waals surface area contributed by atoms with Gasteiger partial charge in [-0.25, -0.2) is 4.79 Å². The normalized spacial score (nSPS) is 16.0. The van der Waals surface area contributed by atoms with Gasteiger partial charge in [0.2, 0.25) is 17.7 Å². The fourth-order valence-electron chi connectivity index (χ4n) is 2.68. The van der Waals surface area contributed by atoms with Crippen LogP contribution in [-0.4, -0.2) is 76.5 Å². The van der Waals surface area contributed by atoms with E-state index in [1.54, 1.807) is 0 Å². The maximum atomic E-state index is 12.9. The molecule has 11 nitrogen and oxygen atoms in total. The number of nitrogens with one attached hydrogen (secondary N) is 3. The largest absolute Gasteiger partial charge is 0.480 e. The van der Waals surface area contributed by atoms with Gasteiger partial charge in [-0.05, 0) is 45.1 Å². The summed E-state index contributed by atoms with van der Waals surface area (Å²) < 4.78 is 0. The number of amides is 3. The number of carbonyl (C=O) groups excluding carboxylic acids is 3. The molecule has 0 aromatic heterocycles. The number of carbonyl (C=O) groups is 4. The van der Waals surface area contributed by atoms with Crippen molar-refractivity contribution in [2.45, 2.75) is 76.7 Å². The lowest BCUT2D eigenvalue weighted by Gasteiger charge is -2.26. The van der Waals surface area contributed by atoms with Crippen molar-refractivity contribution in [2.75, 3.05) is 12.3 Å². The monoisotopic (exact) mass is 463 g/mol. The van der Waals surface area contributed by atoms with E-state index in [0.29, 0.717) is 19.4 Å². The Hall–Kier alpha value is -1.89. The molecule has 0 saturated heterocycles. The van der Waals surface area contributed by atoms with E-state index in [9.17, 15) is 24.3 Å². The van der Waals surface area contributed by atoms with Gasteiger partial charge in [-0.2, -0.15) is 12.6 Å². The van der Waals surface area contributed by atoms with Crippen molar-refractivity contribution in [3.05, 3.63) is 0 Å². The SMILES string of the molecule is CC(C)CC(NC(=O)C(N)C(C)O)C(=O)NC(CCCCN)C(=O)NC(CS)C(=O)O. The Kier molecular flexibility index (Phi) is 14.1. The molecule has 0 bridgehead atoms. The zero-order chi connectivity index (χ0) is 24.1. The highest BCUT2D eigenvalue weighted by molar-refractivity contribution is 7.80. The highest BCUT2D eigenvalue weighted by atomic mass is 32.1. The van der Waals surface area contributed by atoms with Crippen LogP contribution in [0.25, 0.3) is 0 Å².